The molecule has 1 amide bonds. The highest BCUT2D eigenvalue weighted by molar-refractivity contribution is 6.45. The molecule has 0 saturated carbocycles. The number of anilines is 1. The minimum absolute atomic E-state index is 0.343. The topological polar surface area (TPSA) is 98.9 Å². The summed E-state index contributed by atoms with van der Waals surface area (Å²) in [6.45, 7) is 1.93. The lowest BCUT2D eigenvalue weighted by molar-refractivity contribution is -0.114. The second-order valence-corrected chi connectivity index (χ2v) is 4.97. The number of amides is 1. The van der Waals surface area contributed by atoms with E-state index in [1.807, 2.05) is 31.2 Å². The molecule has 0 fully saturated rings. The van der Waals surface area contributed by atoms with E-state index in [1.165, 1.54) is 6.21 Å². The molecule has 0 aliphatic rings. The van der Waals surface area contributed by atoms with Crippen LogP contribution in [0.1, 0.15) is 11.1 Å². The maximum absolute atomic E-state index is 12.0. The zero-order valence-corrected chi connectivity index (χ0v) is 13.9. The van der Waals surface area contributed by atoms with Crippen LogP contribution in [0, 0.1) is 18.3 Å². The number of nitrogens with one attached hydrogen (secondary N) is 2. The van der Waals surface area contributed by atoms with Crippen molar-refractivity contribution in [3.63, 3.8) is 0 Å². The molecule has 0 spiro atoms. The number of methoxy groups -OCH3 is 1. The molecule has 7 nitrogen and oxygen atoms in total. The molecular weight excluding hydrogens is 318 g/mol. The van der Waals surface area contributed by atoms with Crippen LogP contribution in [0.5, 0.6) is 5.75 Å². The number of nitriles is 1. The Bertz CT molecular complexity index is 853. The number of hydrogen-bond acceptors (Lipinski definition) is 6. The zero-order valence-electron chi connectivity index (χ0n) is 13.9. The summed E-state index contributed by atoms with van der Waals surface area (Å²) in [4.78, 5) is 12.0. The lowest BCUT2D eigenvalue weighted by atomic mass is 10.1. The Kier molecular flexibility index (Phi) is 6.25. The number of hydrazone groups is 2. The van der Waals surface area contributed by atoms with Crippen molar-refractivity contribution in [1.82, 2.24) is 5.43 Å². The summed E-state index contributed by atoms with van der Waals surface area (Å²) in [5.41, 5.74) is 7.06. The molecule has 0 aromatic heterocycles. The molecule has 0 radical (unpaired) electrons. The summed E-state index contributed by atoms with van der Waals surface area (Å²) < 4.78 is 5.09. The van der Waals surface area contributed by atoms with Gasteiger partial charge in [0.1, 0.15) is 11.8 Å². The Balaban J connectivity index is 2.00. The minimum atomic E-state index is -0.706. The third-order valence-corrected chi connectivity index (χ3v) is 3.25. The first kappa shape index (κ1) is 17.7. The fourth-order valence-corrected chi connectivity index (χ4v) is 1.88. The number of rotatable bonds is 6. The van der Waals surface area contributed by atoms with Crippen LogP contribution in [0.4, 0.5) is 5.69 Å². The normalized spacial score (nSPS) is 11.0. The molecule has 0 heterocycles. The minimum Gasteiger partial charge on any atom is -0.497 e. The Morgan fingerprint density at radius 2 is 2.04 bits per heavy atom. The molecule has 0 atom stereocenters. The molecule has 0 aliphatic heterocycles. The van der Waals surface area contributed by atoms with E-state index in [2.05, 4.69) is 21.1 Å². The lowest BCUT2D eigenvalue weighted by Gasteiger charge is -2.04. The number of ether oxygens (including phenoxy) is 1. The first-order valence-electron chi connectivity index (χ1n) is 7.41. The van der Waals surface area contributed by atoms with Gasteiger partial charge in [0.25, 0.3) is 0 Å². The summed E-state index contributed by atoms with van der Waals surface area (Å²) >= 11 is 0. The maximum Gasteiger partial charge on any atom is 0.302 e. The lowest BCUT2D eigenvalue weighted by Crippen LogP contribution is -2.26. The van der Waals surface area contributed by atoms with Crippen molar-refractivity contribution in [2.45, 2.75) is 6.92 Å². The predicted octanol–water partition coefficient (Wildman–Crippen LogP) is 2.45. The van der Waals surface area contributed by atoms with Gasteiger partial charge in [-0.25, -0.2) is 5.43 Å². The molecule has 7 heteroatoms. The molecule has 0 unspecified atom stereocenters. The van der Waals surface area contributed by atoms with E-state index in [-0.39, 0.29) is 5.71 Å². The monoisotopic (exact) mass is 335 g/mol. The molecule has 25 heavy (non-hydrogen) atoms. The Morgan fingerprint density at radius 1 is 1.24 bits per heavy atom. The van der Waals surface area contributed by atoms with Gasteiger partial charge in [0, 0.05) is 6.07 Å². The Hall–Kier alpha value is -3.66. The highest BCUT2D eigenvalue weighted by Gasteiger charge is 2.10. The van der Waals surface area contributed by atoms with E-state index in [9.17, 15) is 4.79 Å². The molecule has 2 rings (SSSR count). The molecule has 0 aliphatic carbocycles. The van der Waals surface area contributed by atoms with E-state index in [4.69, 9.17) is 10.00 Å². The predicted molar refractivity (Wildman–Crippen MR) is 96.6 cm³/mol. The SMILES string of the molecule is COc1cccc(N/N=C(/C#N)C(=O)N/N=C\c2ccccc2C)c1. The van der Waals surface area contributed by atoms with Crippen molar-refractivity contribution in [1.29, 1.82) is 5.26 Å². The van der Waals surface area contributed by atoms with Crippen LogP contribution in [-0.4, -0.2) is 24.9 Å². The average molecular weight is 335 g/mol. The summed E-state index contributed by atoms with van der Waals surface area (Å²) in [5, 5.41) is 16.7. The van der Waals surface area contributed by atoms with Crippen LogP contribution in [0.15, 0.2) is 58.7 Å². The van der Waals surface area contributed by atoms with Gasteiger partial charge >= 0.3 is 5.91 Å². The van der Waals surface area contributed by atoms with Crippen LogP contribution >= 0.6 is 0 Å². The summed E-state index contributed by atoms with van der Waals surface area (Å²) in [7, 11) is 1.54. The Morgan fingerprint density at radius 3 is 2.76 bits per heavy atom. The highest BCUT2D eigenvalue weighted by Crippen LogP contribution is 2.16. The van der Waals surface area contributed by atoms with Crippen molar-refractivity contribution < 1.29 is 9.53 Å². The number of benzene rings is 2. The zero-order chi connectivity index (χ0) is 18.1. The van der Waals surface area contributed by atoms with Gasteiger partial charge in [-0.2, -0.15) is 15.5 Å². The number of aryl methyl sites for hydroxylation is 1. The van der Waals surface area contributed by atoms with Gasteiger partial charge in [-0.1, -0.05) is 30.3 Å². The second kappa shape index (κ2) is 8.84. The second-order valence-electron chi connectivity index (χ2n) is 4.97. The van der Waals surface area contributed by atoms with E-state index in [0.717, 1.165) is 11.1 Å². The van der Waals surface area contributed by atoms with Crippen LogP contribution < -0.4 is 15.6 Å². The van der Waals surface area contributed by atoms with Crippen molar-refractivity contribution in [3.8, 4) is 11.8 Å². The largest absolute Gasteiger partial charge is 0.497 e. The quantitative estimate of drug-likeness (QED) is 0.625. The molecule has 126 valence electrons. The van der Waals surface area contributed by atoms with Gasteiger partial charge in [0.05, 0.1) is 19.0 Å². The molecular formula is C18H17N5O2. The van der Waals surface area contributed by atoms with Crippen LogP contribution in [-0.2, 0) is 4.79 Å². The smallest absolute Gasteiger partial charge is 0.302 e. The van der Waals surface area contributed by atoms with E-state index in [0.29, 0.717) is 11.4 Å². The maximum atomic E-state index is 12.0. The van der Waals surface area contributed by atoms with E-state index >= 15 is 0 Å². The van der Waals surface area contributed by atoms with Crippen molar-refractivity contribution >= 4 is 23.5 Å². The standard InChI is InChI=1S/C18H17N5O2/c1-13-6-3-4-7-14(13)12-20-23-18(24)17(11-19)22-21-15-8-5-9-16(10-15)25-2/h3-10,12,21H,1-2H3,(H,23,24)/b20-12-,22-17-. The summed E-state index contributed by atoms with van der Waals surface area (Å²) in [5.74, 6) is -0.0753. The highest BCUT2D eigenvalue weighted by atomic mass is 16.5. The van der Waals surface area contributed by atoms with Gasteiger partial charge in [-0.05, 0) is 30.2 Å². The first-order valence-corrected chi connectivity index (χ1v) is 7.41. The van der Waals surface area contributed by atoms with Crippen LogP contribution in [0.25, 0.3) is 0 Å². The number of hydrogen-bond donors (Lipinski definition) is 2. The first-order chi connectivity index (χ1) is 12.1. The number of nitrogens with zero attached hydrogens (tertiary/aromatic N) is 3. The van der Waals surface area contributed by atoms with Gasteiger partial charge in [0.2, 0.25) is 5.71 Å². The van der Waals surface area contributed by atoms with Gasteiger partial charge in [0.15, 0.2) is 0 Å². The molecule has 2 aromatic carbocycles. The third kappa shape index (κ3) is 5.18. The van der Waals surface area contributed by atoms with Gasteiger partial charge < -0.3 is 4.74 Å². The fraction of sp³-hybridized carbons (Fsp3) is 0.111. The van der Waals surface area contributed by atoms with Gasteiger partial charge in [-0.3, -0.25) is 10.2 Å². The number of carbonyl (C=O) groups excluding carboxylic acids is 1. The van der Waals surface area contributed by atoms with Crippen molar-refractivity contribution in [3.05, 3.63) is 59.7 Å². The third-order valence-electron chi connectivity index (χ3n) is 3.25. The summed E-state index contributed by atoms with van der Waals surface area (Å²) in [6.07, 6.45) is 1.51. The molecule has 2 N–H and O–H groups in total. The fourth-order valence-electron chi connectivity index (χ4n) is 1.88. The average Bonchev–Trinajstić information content (AvgIpc) is 2.64. The molecule has 2 aromatic rings. The van der Waals surface area contributed by atoms with E-state index < -0.39 is 5.91 Å². The van der Waals surface area contributed by atoms with Crippen LogP contribution in [0.2, 0.25) is 0 Å². The summed E-state index contributed by atoms with van der Waals surface area (Å²) in [6, 6.07) is 16.3. The molecule has 0 saturated heterocycles. The van der Waals surface area contributed by atoms with E-state index in [1.54, 1.807) is 37.4 Å². The van der Waals surface area contributed by atoms with Crippen LogP contribution in [0.3, 0.4) is 0 Å². The number of carbonyl (C=O) groups is 1. The van der Waals surface area contributed by atoms with Crippen molar-refractivity contribution in [2.24, 2.45) is 10.2 Å². The molecule has 0 bridgehead atoms. The van der Waals surface area contributed by atoms with Gasteiger partial charge in [-0.15, -0.1) is 0 Å². The van der Waals surface area contributed by atoms with Crippen molar-refractivity contribution in [2.75, 3.05) is 12.5 Å². The Labute approximate surface area is 145 Å².